The van der Waals surface area contributed by atoms with Crippen molar-refractivity contribution in [1.82, 2.24) is 9.88 Å². The summed E-state index contributed by atoms with van der Waals surface area (Å²) >= 11 is 1.64. The van der Waals surface area contributed by atoms with E-state index in [0.29, 0.717) is 24.9 Å². The number of benzene rings is 1. The number of hydrogen-bond acceptors (Lipinski definition) is 4. The number of aryl methyl sites for hydroxylation is 1. The molecule has 2 aromatic rings. The largest absolute Gasteiger partial charge is 0.324 e. The van der Waals surface area contributed by atoms with Crippen LogP contribution in [0.5, 0.6) is 0 Å². The highest BCUT2D eigenvalue weighted by atomic mass is 32.1. The van der Waals surface area contributed by atoms with Crippen molar-refractivity contribution in [3.8, 4) is 0 Å². The summed E-state index contributed by atoms with van der Waals surface area (Å²) in [6.45, 7) is 11.7. The van der Waals surface area contributed by atoms with Crippen molar-refractivity contribution in [3.05, 3.63) is 45.4 Å². The molecule has 0 aliphatic heterocycles. The van der Waals surface area contributed by atoms with Gasteiger partial charge in [0, 0.05) is 17.6 Å². The highest BCUT2D eigenvalue weighted by Gasteiger charge is 2.17. The van der Waals surface area contributed by atoms with E-state index >= 15 is 0 Å². The summed E-state index contributed by atoms with van der Waals surface area (Å²) < 4.78 is 0. The van der Waals surface area contributed by atoms with E-state index < -0.39 is 0 Å². The summed E-state index contributed by atoms with van der Waals surface area (Å²) in [6, 6.07) is 6.29. The maximum absolute atomic E-state index is 12.6. The molecule has 1 heterocycles. The molecule has 0 spiro atoms. The predicted molar refractivity (Wildman–Crippen MR) is 106 cm³/mol. The normalized spacial score (nSPS) is 11.6. The second kappa shape index (κ2) is 8.59. The van der Waals surface area contributed by atoms with Gasteiger partial charge in [-0.2, -0.15) is 0 Å². The van der Waals surface area contributed by atoms with Crippen LogP contribution in [-0.4, -0.2) is 29.4 Å². The molecule has 0 aliphatic carbocycles. The molecule has 0 radical (unpaired) electrons. The molecule has 0 fully saturated rings. The van der Waals surface area contributed by atoms with Crippen molar-refractivity contribution >= 4 is 22.9 Å². The Balaban J connectivity index is 2.09. The first-order valence-electron chi connectivity index (χ1n) is 8.80. The van der Waals surface area contributed by atoms with Gasteiger partial charge in [0.1, 0.15) is 0 Å². The molecule has 4 nitrogen and oxygen atoms in total. The molecule has 1 amide bonds. The van der Waals surface area contributed by atoms with Gasteiger partial charge in [0.2, 0.25) is 5.91 Å². The minimum atomic E-state index is 0.0180. The smallest absolute Gasteiger partial charge is 0.238 e. The number of nitrogens with zero attached hydrogens (tertiary/aromatic N) is 2. The number of carbonyl (C=O) groups excluding carboxylic acids is 1. The molecular weight excluding hydrogens is 330 g/mol. The van der Waals surface area contributed by atoms with Gasteiger partial charge in [0.15, 0.2) is 0 Å². The fourth-order valence-corrected chi connectivity index (χ4v) is 3.54. The Morgan fingerprint density at radius 3 is 2.28 bits per heavy atom. The molecule has 0 saturated heterocycles. The van der Waals surface area contributed by atoms with Gasteiger partial charge in [-0.1, -0.05) is 45.9 Å². The summed E-state index contributed by atoms with van der Waals surface area (Å²) in [4.78, 5) is 19.1. The molecule has 0 unspecified atom stereocenters. The van der Waals surface area contributed by atoms with E-state index in [1.807, 2.05) is 18.9 Å². The number of carbonyl (C=O) groups is 1. The van der Waals surface area contributed by atoms with E-state index in [4.69, 9.17) is 0 Å². The Morgan fingerprint density at radius 1 is 1.20 bits per heavy atom. The number of anilines is 1. The van der Waals surface area contributed by atoms with E-state index in [0.717, 1.165) is 16.4 Å². The minimum absolute atomic E-state index is 0.0180. The summed E-state index contributed by atoms with van der Waals surface area (Å²) in [5.41, 5.74) is 4.38. The van der Waals surface area contributed by atoms with Crippen molar-refractivity contribution in [2.24, 2.45) is 0 Å². The number of rotatable bonds is 7. The third-order valence-electron chi connectivity index (χ3n) is 4.15. The predicted octanol–water partition coefficient (Wildman–Crippen LogP) is 4.77. The maximum atomic E-state index is 12.6. The third-order valence-corrected chi connectivity index (χ3v) is 4.97. The van der Waals surface area contributed by atoms with E-state index in [9.17, 15) is 4.79 Å². The van der Waals surface area contributed by atoms with Crippen LogP contribution in [-0.2, 0) is 11.3 Å². The van der Waals surface area contributed by atoms with Gasteiger partial charge in [0.25, 0.3) is 0 Å². The third kappa shape index (κ3) is 5.38. The lowest BCUT2D eigenvalue weighted by molar-refractivity contribution is -0.117. The molecule has 2 rings (SSSR count). The number of amides is 1. The van der Waals surface area contributed by atoms with Crippen LogP contribution in [0.25, 0.3) is 0 Å². The summed E-state index contributed by atoms with van der Waals surface area (Å²) in [6.07, 6.45) is 0. The van der Waals surface area contributed by atoms with Crippen LogP contribution in [0.2, 0.25) is 0 Å². The van der Waals surface area contributed by atoms with Crippen molar-refractivity contribution in [1.29, 1.82) is 0 Å². The summed E-state index contributed by atoms with van der Waals surface area (Å²) in [5, 5.41) is 6.27. The van der Waals surface area contributed by atoms with Gasteiger partial charge < -0.3 is 5.32 Å². The molecule has 1 aromatic carbocycles. The second-order valence-electron chi connectivity index (χ2n) is 7.20. The highest BCUT2D eigenvalue weighted by molar-refractivity contribution is 7.09. The van der Waals surface area contributed by atoms with E-state index in [1.165, 1.54) is 11.1 Å². The van der Waals surface area contributed by atoms with Gasteiger partial charge in [-0.3, -0.25) is 9.69 Å². The number of nitrogens with one attached hydrogen (secondary N) is 1. The second-order valence-corrected chi connectivity index (χ2v) is 8.26. The SMILES string of the molecule is Cc1nc(CN(C)CC(=O)Nc2c(C(C)C)cccc2C(C)C)cs1. The molecule has 5 heteroatoms. The van der Waals surface area contributed by atoms with Crippen LogP contribution in [0.3, 0.4) is 0 Å². The van der Waals surface area contributed by atoms with Crippen molar-refractivity contribution < 1.29 is 4.79 Å². The van der Waals surface area contributed by atoms with Crippen molar-refractivity contribution in [3.63, 3.8) is 0 Å². The van der Waals surface area contributed by atoms with Crippen LogP contribution < -0.4 is 5.32 Å². The number of thiazole rings is 1. The Morgan fingerprint density at radius 2 is 1.80 bits per heavy atom. The van der Waals surface area contributed by atoms with Gasteiger partial charge in [-0.05, 0) is 36.9 Å². The zero-order valence-corrected chi connectivity index (χ0v) is 16.9. The van der Waals surface area contributed by atoms with Gasteiger partial charge in [-0.25, -0.2) is 4.98 Å². The molecule has 136 valence electrons. The monoisotopic (exact) mass is 359 g/mol. The standard InChI is InChI=1S/C20H29N3OS/c1-13(2)17-8-7-9-18(14(3)4)20(17)22-19(24)11-23(6)10-16-12-25-15(5)21-16/h7-9,12-14H,10-11H2,1-6H3,(H,22,24). The van der Waals surface area contributed by atoms with Crippen LogP contribution >= 0.6 is 11.3 Å². The molecule has 0 aliphatic rings. The number of hydrogen-bond donors (Lipinski definition) is 1. The average Bonchev–Trinajstić information content (AvgIpc) is 2.91. The quantitative estimate of drug-likeness (QED) is 0.774. The first kappa shape index (κ1) is 19.6. The number of likely N-dealkylation sites (N-methyl/N-ethyl adjacent to an activating group) is 1. The van der Waals surface area contributed by atoms with E-state index in [-0.39, 0.29) is 5.91 Å². The lowest BCUT2D eigenvalue weighted by Crippen LogP contribution is -2.30. The van der Waals surface area contributed by atoms with E-state index in [2.05, 4.69) is 61.6 Å². The Hall–Kier alpha value is -1.72. The first-order valence-corrected chi connectivity index (χ1v) is 9.68. The molecule has 0 atom stereocenters. The van der Waals surface area contributed by atoms with Crippen LogP contribution in [0.4, 0.5) is 5.69 Å². The molecule has 25 heavy (non-hydrogen) atoms. The molecule has 0 saturated carbocycles. The molecular formula is C20H29N3OS. The lowest BCUT2D eigenvalue weighted by atomic mass is 9.92. The summed E-state index contributed by atoms with van der Waals surface area (Å²) in [7, 11) is 1.95. The first-order chi connectivity index (χ1) is 11.8. The Labute approximate surface area is 155 Å². The van der Waals surface area contributed by atoms with E-state index in [1.54, 1.807) is 11.3 Å². The molecule has 1 N–H and O–H groups in total. The Bertz CT molecular complexity index is 695. The zero-order chi connectivity index (χ0) is 18.6. The van der Waals surface area contributed by atoms with Gasteiger partial charge in [-0.15, -0.1) is 11.3 Å². The number of para-hydroxylation sites is 1. The zero-order valence-electron chi connectivity index (χ0n) is 16.1. The van der Waals surface area contributed by atoms with Crippen LogP contribution in [0, 0.1) is 6.92 Å². The fraction of sp³-hybridized carbons (Fsp3) is 0.500. The number of aromatic nitrogens is 1. The topological polar surface area (TPSA) is 45.2 Å². The van der Waals surface area contributed by atoms with Crippen molar-refractivity contribution in [2.75, 3.05) is 18.9 Å². The molecule has 0 bridgehead atoms. The van der Waals surface area contributed by atoms with Crippen molar-refractivity contribution in [2.45, 2.75) is 53.0 Å². The minimum Gasteiger partial charge on any atom is -0.324 e. The lowest BCUT2D eigenvalue weighted by Gasteiger charge is -2.21. The molecule has 1 aromatic heterocycles. The maximum Gasteiger partial charge on any atom is 0.238 e. The van der Waals surface area contributed by atoms with Gasteiger partial charge in [0.05, 0.1) is 17.2 Å². The van der Waals surface area contributed by atoms with Crippen LogP contribution in [0.15, 0.2) is 23.6 Å². The average molecular weight is 360 g/mol. The highest BCUT2D eigenvalue weighted by Crippen LogP contribution is 2.32. The fourth-order valence-electron chi connectivity index (χ4n) is 2.93. The Kier molecular flexibility index (Phi) is 6.73. The van der Waals surface area contributed by atoms with Gasteiger partial charge >= 0.3 is 0 Å². The summed E-state index contributed by atoms with van der Waals surface area (Å²) in [5.74, 6) is 0.749. The van der Waals surface area contributed by atoms with Crippen LogP contribution in [0.1, 0.15) is 61.4 Å².